The van der Waals surface area contributed by atoms with Crippen molar-refractivity contribution in [2.24, 2.45) is 11.7 Å². The number of benzene rings is 1. The summed E-state index contributed by atoms with van der Waals surface area (Å²) in [6.07, 6.45) is 3.74. The van der Waals surface area contributed by atoms with E-state index in [1.165, 1.54) is 0 Å². The number of primary amides is 1. The summed E-state index contributed by atoms with van der Waals surface area (Å²) in [6, 6.07) is 7.95. The highest BCUT2D eigenvalue weighted by atomic mass is 16.3. The number of hydrogen-bond acceptors (Lipinski definition) is 3. The van der Waals surface area contributed by atoms with Gasteiger partial charge in [0.15, 0.2) is 6.10 Å². The second-order valence-electron chi connectivity index (χ2n) is 5.60. The Balaban J connectivity index is 2.02. The van der Waals surface area contributed by atoms with Crippen LogP contribution in [-0.4, -0.2) is 23.0 Å². The fourth-order valence-corrected chi connectivity index (χ4v) is 2.91. The Morgan fingerprint density at radius 2 is 1.76 bits per heavy atom. The van der Waals surface area contributed by atoms with Crippen LogP contribution in [0.5, 0.6) is 0 Å². The third-order valence-corrected chi connectivity index (χ3v) is 4.09. The van der Waals surface area contributed by atoms with Gasteiger partial charge in [0.25, 0.3) is 5.91 Å². The van der Waals surface area contributed by atoms with Crippen LogP contribution < -0.4 is 11.1 Å². The van der Waals surface area contributed by atoms with Gasteiger partial charge in [0.05, 0.1) is 0 Å². The summed E-state index contributed by atoms with van der Waals surface area (Å²) in [5, 5.41) is 12.7. The summed E-state index contributed by atoms with van der Waals surface area (Å²) in [5.74, 6) is -1.03. The van der Waals surface area contributed by atoms with Gasteiger partial charge in [-0.3, -0.25) is 9.59 Å². The largest absolute Gasteiger partial charge is 0.378 e. The molecule has 1 aromatic carbocycles. The first-order valence-corrected chi connectivity index (χ1v) is 7.42. The van der Waals surface area contributed by atoms with Crippen LogP contribution in [0.25, 0.3) is 0 Å². The summed E-state index contributed by atoms with van der Waals surface area (Å²) in [4.78, 5) is 23.8. The number of amides is 2. The predicted molar refractivity (Wildman–Crippen MR) is 79.1 cm³/mol. The van der Waals surface area contributed by atoms with E-state index in [0.717, 1.165) is 32.1 Å². The van der Waals surface area contributed by atoms with Crippen LogP contribution in [0.2, 0.25) is 0 Å². The van der Waals surface area contributed by atoms with E-state index in [0.29, 0.717) is 5.56 Å². The molecule has 0 heterocycles. The van der Waals surface area contributed by atoms with E-state index in [1.54, 1.807) is 24.3 Å². The fourth-order valence-electron chi connectivity index (χ4n) is 2.91. The summed E-state index contributed by atoms with van der Waals surface area (Å²) in [6.45, 7) is 0. The van der Waals surface area contributed by atoms with Crippen LogP contribution in [0.15, 0.2) is 30.3 Å². The minimum Gasteiger partial charge on any atom is -0.378 e. The molecule has 21 heavy (non-hydrogen) atoms. The normalized spacial score (nSPS) is 18.7. The molecule has 1 fully saturated rings. The molecule has 1 aromatic rings. The van der Waals surface area contributed by atoms with Crippen molar-refractivity contribution in [2.75, 3.05) is 0 Å². The molecule has 2 rings (SSSR count). The molecule has 0 saturated heterocycles. The van der Waals surface area contributed by atoms with Gasteiger partial charge in [-0.2, -0.15) is 0 Å². The molecule has 5 heteroatoms. The number of aliphatic hydroxyl groups excluding tert-OH is 1. The molecule has 2 atom stereocenters. The van der Waals surface area contributed by atoms with Crippen LogP contribution in [-0.2, 0) is 9.59 Å². The third-order valence-electron chi connectivity index (χ3n) is 4.09. The first-order chi connectivity index (χ1) is 10.1. The van der Waals surface area contributed by atoms with Crippen molar-refractivity contribution < 1.29 is 14.7 Å². The van der Waals surface area contributed by atoms with Gasteiger partial charge in [-0.1, -0.05) is 49.6 Å². The van der Waals surface area contributed by atoms with E-state index in [9.17, 15) is 14.7 Å². The highest BCUT2D eigenvalue weighted by molar-refractivity contribution is 5.89. The number of aliphatic hydroxyl groups is 1. The maximum Gasteiger partial charge on any atom is 0.254 e. The minimum atomic E-state index is -1.28. The van der Waals surface area contributed by atoms with Crippen LogP contribution in [0.4, 0.5) is 0 Å². The number of nitrogens with two attached hydrogens (primary N) is 1. The van der Waals surface area contributed by atoms with E-state index >= 15 is 0 Å². The SMILES string of the molecule is NC(=O)[C@H](NC(=O)[C@@H](O)c1ccccc1)C1CCCCC1. The second-order valence-corrected chi connectivity index (χ2v) is 5.60. The van der Waals surface area contributed by atoms with Gasteiger partial charge in [-0.15, -0.1) is 0 Å². The van der Waals surface area contributed by atoms with Gasteiger partial charge in [-0.25, -0.2) is 0 Å². The quantitative estimate of drug-likeness (QED) is 0.762. The second kappa shape index (κ2) is 7.22. The Morgan fingerprint density at radius 3 is 2.33 bits per heavy atom. The topological polar surface area (TPSA) is 92.4 Å². The number of rotatable bonds is 5. The maximum absolute atomic E-state index is 12.1. The zero-order valence-electron chi connectivity index (χ0n) is 12.0. The molecule has 0 aliphatic heterocycles. The van der Waals surface area contributed by atoms with E-state index in [-0.39, 0.29) is 5.92 Å². The van der Waals surface area contributed by atoms with Crippen molar-refractivity contribution >= 4 is 11.8 Å². The molecular formula is C16H22N2O3. The lowest BCUT2D eigenvalue weighted by Crippen LogP contribution is -2.50. The summed E-state index contributed by atoms with van der Waals surface area (Å²) < 4.78 is 0. The van der Waals surface area contributed by atoms with E-state index in [2.05, 4.69) is 5.32 Å². The Bertz CT molecular complexity index is 484. The highest BCUT2D eigenvalue weighted by Gasteiger charge is 2.31. The molecule has 0 bridgehead atoms. The number of carbonyl (C=O) groups is 2. The molecular weight excluding hydrogens is 268 g/mol. The average molecular weight is 290 g/mol. The van der Waals surface area contributed by atoms with Crippen LogP contribution in [0.3, 0.4) is 0 Å². The van der Waals surface area contributed by atoms with Crippen LogP contribution in [0, 0.1) is 5.92 Å². The van der Waals surface area contributed by atoms with E-state index in [4.69, 9.17) is 5.73 Å². The summed E-state index contributed by atoms with van der Waals surface area (Å²) in [5.41, 5.74) is 5.92. The van der Waals surface area contributed by atoms with Crippen molar-refractivity contribution in [1.82, 2.24) is 5.32 Å². The molecule has 114 valence electrons. The first-order valence-electron chi connectivity index (χ1n) is 7.42. The molecule has 5 nitrogen and oxygen atoms in total. The van der Waals surface area contributed by atoms with Crippen molar-refractivity contribution in [2.45, 2.75) is 44.2 Å². The third kappa shape index (κ3) is 4.04. The van der Waals surface area contributed by atoms with Crippen LogP contribution in [0.1, 0.15) is 43.8 Å². The number of carbonyl (C=O) groups excluding carboxylic acids is 2. The maximum atomic E-state index is 12.1. The molecule has 0 radical (unpaired) electrons. The van der Waals surface area contributed by atoms with E-state index in [1.807, 2.05) is 6.07 Å². The molecule has 1 aliphatic carbocycles. The fraction of sp³-hybridized carbons (Fsp3) is 0.500. The molecule has 0 unspecified atom stereocenters. The van der Waals surface area contributed by atoms with Gasteiger partial charge >= 0.3 is 0 Å². The molecule has 0 spiro atoms. The van der Waals surface area contributed by atoms with Crippen molar-refractivity contribution in [3.05, 3.63) is 35.9 Å². The van der Waals surface area contributed by atoms with Crippen molar-refractivity contribution in [3.8, 4) is 0 Å². The highest BCUT2D eigenvalue weighted by Crippen LogP contribution is 2.27. The Morgan fingerprint density at radius 1 is 1.14 bits per heavy atom. The number of nitrogens with one attached hydrogen (secondary N) is 1. The Hall–Kier alpha value is -1.88. The zero-order valence-corrected chi connectivity index (χ0v) is 12.0. The lowest BCUT2D eigenvalue weighted by molar-refractivity contribution is -0.134. The zero-order chi connectivity index (χ0) is 15.2. The van der Waals surface area contributed by atoms with Gasteiger partial charge in [0.1, 0.15) is 6.04 Å². The van der Waals surface area contributed by atoms with Crippen LogP contribution >= 0.6 is 0 Å². The van der Waals surface area contributed by atoms with E-state index < -0.39 is 24.0 Å². The van der Waals surface area contributed by atoms with Crippen molar-refractivity contribution in [3.63, 3.8) is 0 Å². The standard InChI is InChI=1S/C16H22N2O3/c17-15(20)13(11-7-3-1-4-8-11)18-16(21)14(19)12-9-5-2-6-10-12/h2,5-6,9-11,13-14,19H,1,3-4,7-8H2,(H2,17,20)(H,18,21)/t13-,14+/m1/s1. The minimum absolute atomic E-state index is 0.0724. The molecule has 1 aliphatic rings. The molecule has 4 N–H and O–H groups in total. The molecule has 0 aromatic heterocycles. The molecule has 1 saturated carbocycles. The van der Waals surface area contributed by atoms with Gasteiger partial charge < -0.3 is 16.2 Å². The first kappa shape index (κ1) is 15.5. The Kier molecular flexibility index (Phi) is 5.33. The van der Waals surface area contributed by atoms with Gasteiger partial charge in [0.2, 0.25) is 5.91 Å². The smallest absolute Gasteiger partial charge is 0.254 e. The monoisotopic (exact) mass is 290 g/mol. The summed E-state index contributed by atoms with van der Waals surface area (Å²) >= 11 is 0. The summed E-state index contributed by atoms with van der Waals surface area (Å²) in [7, 11) is 0. The molecule has 2 amide bonds. The van der Waals surface area contributed by atoms with Gasteiger partial charge in [-0.05, 0) is 24.3 Å². The lowest BCUT2D eigenvalue weighted by Gasteiger charge is -2.29. The average Bonchev–Trinajstić information content (AvgIpc) is 2.53. The van der Waals surface area contributed by atoms with Crippen molar-refractivity contribution in [1.29, 1.82) is 0 Å². The van der Waals surface area contributed by atoms with Gasteiger partial charge in [0, 0.05) is 0 Å². The predicted octanol–water partition coefficient (Wildman–Crippen LogP) is 1.27. The lowest BCUT2D eigenvalue weighted by atomic mass is 9.83. The number of hydrogen-bond donors (Lipinski definition) is 3. The Labute approximate surface area is 124 Å².